The Morgan fingerprint density at radius 3 is 1.20 bits per heavy atom. The van der Waals surface area contributed by atoms with E-state index >= 15 is 0 Å². The molecule has 0 fully saturated rings. The van der Waals surface area contributed by atoms with Crippen LogP contribution in [0.25, 0.3) is 128 Å². The zero-order valence-electron chi connectivity index (χ0n) is 32.4. The van der Waals surface area contributed by atoms with Gasteiger partial charge in [0.2, 0.25) is 0 Å². The fourth-order valence-electron chi connectivity index (χ4n) is 9.95. The normalized spacial score (nSPS) is 12.0. The van der Waals surface area contributed by atoms with Crippen molar-refractivity contribution in [1.29, 1.82) is 0 Å². The molecule has 2 aromatic heterocycles. The lowest BCUT2D eigenvalue weighted by atomic mass is 9.84. The summed E-state index contributed by atoms with van der Waals surface area (Å²) in [6, 6.07) is 77.0. The summed E-state index contributed by atoms with van der Waals surface area (Å²) in [7, 11) is 0. The van der Waals surface area contributed by atoms with Crippen molar-refractivity contribution >= 4 is 106 Å². The molecule has 2 heteroatoms. The van der Waals surface area contributed by atoms with Crippen LogP contribution < -0.4 is 0 Å². The van der Waals surface area contributed by atoms with Crippen LogP contribution in [-0.2, 0) is 0 Å². The molecule has 13 aromatic rings. The molecule has 13 rings (SSSR count). The molecular formula is C58H34S2. The Morgan fingerprint density at radius 1 is 0.250 bits per heavy atom. The second kappa shape index (κ2) is 13.2. The van der Waals surface area contributed by atoms with E-state index in [0.717, 1.165) is 0 Å². The van der Waals surface area contributed by atoms with Crippen LogP contribution in [0.3, 0.4) is 0 Å². The Hall–Kier alpha value is -7.10. The van der Waals surface area contributed by atoms with E-state index in [4.69, 9.17) is 0 Å². The summed E-state index contributed by atoms with van der Waals surface area (Å²) in [5, 5.41) is 15.5. The summed E-state index contributed by atoms with van der Waals surface area (Å²) in [6.07, 6.45) is 0. The molecule has 0 spiro atoms. The van der Waals surface area contributed by atoms with Crippen molar-refractivity contribution in [1.82, 2.24) is 0 Å². The van der Waals surface area contributed by atoms with Crippen molar-refractivity contribution in [2.24, 2.45) is 0 Å². The van der Waals surface area contributed by atoms with Crippen LogP contribution in [-0.4, -0.2) is 0 Å². The van der Waals surface area contributed by atoms with Crippen LogP contribution in [0.4, 0.5) is 0 Å². The lowest BCUT2D eigenvalue weighted by Crippen LogP contribution is -1.92. The Kier molecular flexibility index (Phi) is 7.45. The Morgan fingerprint density at radius 2 is 0.667 bits per heavy atom. The summed E-state index contributed by atoms with van der Waals surface area (Å²) >= 11 is 3.82. The minimum absolute atomic E-state index is 1.22. The van der Waals surface area contributed by atoms with Crippen molar-refractivity contribution in [2.75, 3.05) is 0 Å². The number of benzene rings is 11. The summed E-state index contributed by atoms with van der Waals surface area (Å²) in [4.78, 5) is 0. The quantitative estimate of drug-likeness (QED) is 0.156. The van der Waals surface area contributed by atoms with E-state index < -0.39 is 0 Å². The second-order valence-electron chi connectivity index (χ2n) is 15.9. The Labute approximate surface area is 354 Å². The average molecular weight is 795 g/mol. The number of rotatable bonds is 4. The van der Waals surface area contributed by atoms with Crippen LogP contribution in [0.5, 0.6) is 0 Å². The fourth-order valence-corrected chi connectivity index (χ4v) is 12.5. The average Bonchev–Trinajstić information content (AvgIpc) is 3.91. The first kappa shape index (κ1) is 33.8. The van der Waals surface area contributed by atoms with Gasteiger partial charge in [-0.15, -0.1) is 22.7 Å². The molecule has 0 aliphatic heterocycles. The number of fused-ring (bicyclic) bond motifs is 12. The van der Waals surface area contributed by atoms with Crippen molar-refractivity contribution in [3.05, 3.63) is 206 Å². The molecule has 0 N–H and O–H groups in total. The third-order valence-corrected chi connectivity index (χ3v) is 15.0. The van der Waals surface area contributed by atoms with E-state index in [-0.39, 0.29) is 0 Å². The van der Waals surface area contributed by atoms with Crippen LogP contribution in [0, 0.1) is 0 Å². The molecular weight excluding hydrogens is 761 g/mol. The minimum Gasteiger partial charge on any atom is -0.135 e. The molecule has 0 saturated heterocycles. The first-order chi connectivity index (χ1) is 29.8. The molecule has 0 atom stereocenters. The summed E-state index contributed by atoms with van der Waals surface area (Å²) in [5.41, 5.74) is 10.0. The molecule has 0 unspecified atom stereocenters. The van der Waals surface area contributed by atoms with Crippen LogP contribution >= 0.6 is 22.7 Å². The molecule has 0 radical (unpaired) electrons. The van der Waals surface area contributed by atoms with Gasteiger partial charge < -0.3 is 0 Å². The maximum atomic E-state index is 2.52. The summed E-state index contributed by atoms with van der Waals surface area (Å²) < 4.78 is 5.34. The lowest BCUT2D eigenvalue weighted by Gasteiger charge is -2.19. The molecule has 60 heavy (non-hydrogen) atoms. The highest BCUT2D eigenvalue weighted by molar-refractivity contribution is 7.27. The monoisotopic (exact) mass is 794 g/mol. The third-order valence-electron chi connectivity index (χ3n) is 12.6. The van der Waals surface area contributed by atoms with Crippen molar-refractivity contribution in [3.63, 3.8) is 0 Å². The minimum atomic E-state index is 1.22. The van der Waals surface area contributed by atoms with Crippen LogP contribution in [0.1, 0.15) is 0 Å². The van der Waals surface area contributed by atoms with E-state index in [0.29, 0.717) is 0 Å². The lowest BCUT2D eigenvalue weighted by molar-refractivity contribution is 1.61. The van der Waals surface area contributed by atoms with Gasteiger partial charge >= 0.3 is 0 Å². The summed E-state index contributed by atoms with van der Waals surface area (Å²) in [6.45, 7) is 0. The second-order valence-corrected chi connectivity index (χ2v) is 18.0. The van der Waals surface area contributed by atoms with E-state index in [1.807, 2.05) is 22.7 Å². The maximum Gasteiger partial charge on any atom is 0.0440 e. The number of hydrogen-bond donors (Lipinski definition) is 0. The van der Waals surface area contributed by atoms with Gasteiger partial charge in [0.05, 0.1) is 0 Å². The predicted molar refractivity (Wildman–Crippen MR) is 264 cm³/mol. The maximum absolute atomic E-state index is 2.52. The largest absolute Gasteiger partial charge is 0.135 e. The van der Waals surface area contributed by atoms with Gasteiger partial charge in [0.15, 0.2) is 0 Å². The van der Waals surface area contributed by atoms with E-state index in [1.54, 1.807) is 0 Å². The van der Waals surface area contributed by atoms with Gasteiger partial charge in [-0.2, -0.15) is 0 Å². The predicted octanol–water partition coefficient (Wildman–Crippen LogP) is 17.7. The highest BCUT2D eigenvalue weighted by Gasteiger charge is 2.22. The van der Waals surface area contributed by atoms with Gasteiger partial charge in [-0.1, -0.05) is 176 Å². The summed E-state index contributed by atoms with van der Waals surface area (Å²) in [5.74, 6) is 0. The Balaban J connectivity index is 1.18. The molecule has 11 aromatic carbocycles. The van der Waals surface area contributed by atoms with Gasteiger partial charge in [0.1, 0.15) is 0 Å². The van der Waals surface area contributed by atoms with Gasteiger partial charge in [0.25, 0.3) is 0 Å². The van der Waals surface area contributed by atoms with Crippen LogP contribution in [0.2, 0.25) is 0 Å². The van der Waals surface area contributed by atoms with Gasteiger partial charge in [-0.25, -0.2) is 0 Å². The van der Waals surface area contributed by atoms with Crippen molar-refractivity contribution in [3.8, 4) is 44.5 Å². The number of thiophene rings is 2. The van der Waals surface area contributed by atoms with Gasteiger partial charge in [-0.05, 0) is 118 Å². The number of hydrogen-bond acceptors (Lipinski definition) is 2. The smallest absolute Gasteiger partial charge is 0.0440 e. The zero-order chi connectivity index (χ0) is 39.3. The molecule has 0 aliphatic rings. The molecule has 0 saturated carbocycles. The standard InChI is InChI=1S/C58H34S2/c1-2-14-35(15-3-1)36-28-30-37(31-29-36)54-44-24-12-22-42(50-32-38-16-4-6-18-40(38)57-55(50)46-20-8-10-26-52(46)59-57)48(44)34-49-43(23-13-25-45(49)54)51-33-39-17-5-7-19-41(39)58-56(51)47-21-9-11-27-53(47)60-58/h1-34H. The first-order valence-electron chi connectivity index (χ1n) is 20.6. The van der Waals surface area contributed by atoms with Crippen LogP contribution in [0.15, 0.2) is 206 Å². The first-order valence-corrected chi connectivity index (χ1v) is 22.2. The van der Waals surface area contributed by atoms with E-state index in [2.05, 4.69) is 206 Å². The molecule has 0 amide bonds. The fraction of sp³-hybridized carbons (Fsp3) is 0. The van der Waals surface area contributed by atoms with E-state index in [9.17, 15) is 0 Å². The van der Waals surface area contributed by atoms with Gasteiger partial charge in [0, 0.05) is 40.3 Å². The topological polar surface area (TPSA) is 0 Å². The highest BCUT2D eigenvalue weighted by Crippen LogP contribution is 2.50. The Bertz CT molecular complexity index is 3650. The van der Waals surface area contributed by atoms with Gasteiger partial charge in [-0.3, -0.25) is 0 Å². The van der Waals surface area contributed by atoms with E-state index in [1.165, 1.54) is 128 Å². The molecule has 0 bridgehead atoms. The van der Waals surface area contributed by atoms with Crippen molar-refractivity contribution < 1.29 is 0 Å². The molecule has 0 aliphatic carbocycles. The molecule has 278 valence electrons. The zero-order valence-corrected chi connectivity index (χ0v) is 34.1. The van der Waals surface area contributed by atoms with Crippen molar-refractivity contribution in [2.45, 2.75) is 0 Å². The molecule has 0 nitrogen and oxygen atoms in total. The third kappa shape index (κ3) is 5.02. The SMILES string of the molecule is c1ccc(-c2ccc(-c3c4cccc(-c5cc6ccccc6c6sc7ccccc7c56)c4cc4c(-c5cc6ccccc6c6sc7ccccc7c56)cccc34)cc2)cc1. The highest BCUT2D eigenvalue weighted by atomic mass is 32.1. The molecule has 2 heterocycles.